The zero-order valence-corrected chi connectivity index (χ0v) is 12.2. The van der Waals surface area contributed by atoms with Crippen molar-refractivity contribution in [1.82, 2.24) is 15.1 Å². The molecule has 0 aliphatic carbocycles. The Bertz CT molecular complexity index is 544. The summed E-state index contributed by atoms with van der Waals surface area (Å²) in [5.74, 6) is -0.534. The molecule has 1 saturated heterocycles. The maximum atomic E-state index is 12.5. The first kappa shape index (κ1) is 15.0. The number of piperazine rings is 1. The number of nitrogens with zero attached hydrogens (tertiary/aromatic N) is 2. The highest BCUT2D eigenvalue weighted by Gasteiger charge is 2.35. The lowest BCUT2D eigenvalue weighted by Crippen LogP contribution is -2.61. The standard InChI is InChI=1S/C15H19N3O3/c1-11(19)17-8-9-18(13(10-17)14(20)16-2)15(21)12-6-4-3-5-7-12/h3-7,13H,8-10H2,1-2H3,(H,16,20). The summed E-state index contributed by atoms with van der Waals surface area (Å²) < 4.78 is 0. The molecule has 112 valence electrons. The first-order valence-corrected chi connectivity index (χ1v) is 6.87. The van der Waals surface area contributed by atoms with E-state index in [1.165, 1.54) is 18.9 Å². The molecule has 21 heavy (non-hydrogen) atoms. The van der Waals surface area contributed by atoms with Crippen molar-refractivity contribution in [3.63, 3.8) is 0 Å². The van der Waals surface area contributed by atoms with Crippen molar-refractivity contribution in [3.05, 3.63) is 35.9 Å². The number of benzene rings is 1. The molecule has 1 aliphatic rings. The van der Waals surface area contributed by atoms with Gasteiger partial charge in [-0.3, -0.25) is 14.4 Å². The van der Waals surface area contributed by atoms with E-state index in [2.05, 4.69) is 5.32 Å². The van der Waals surface area contributed by atoms with Crippen LogP contribution in [0.25, 0.3) is 0 Å². The zero-order valence-electron chi connectivity index (χ0n) is 12.2. The van der Waals surface area contributed by atoms with Crippen LogP contribution in [0.15, 0.2) is 30.3 Å². The minimum absolute atomic E-state index is 0.0873. The van der Waals surface area contributed by atoms with Gasteiger partial charge in [-0.05, 0) is 12.1 Å². The van der Waals surface area contributed by atoms with E-state index in [-0.39, 0.29) is 24.3 Å². The van der Waals surface area contributed by atoms with Crippen molar-refractivity contribution >= 4 is 17.7 Å². The predicted octanol–water partition coefficient (Wildman–Crippen LogP) is 0.106. The first-order valence-electron chi connectivity index (χ1n) is 6.87. The molecule has 3 amide bonds. The van der Waals surface area contributed by atoms with Crippen LogP contribution in [0.5, 0.6) is 0 Å². The highest BCUT2D eigenvalue weighted by molar-refractivity contribution is 5.98. The molecular formula is C15H19N3O3. The fourth-order valence-electron chi connectivity index (χ4n) is 2.45. The van der Waals surface area contributed by atoms with Crippen LogP contribution in [0.1, 0.15) is 17.3 Å². The van der Waals surface area contributed by atoms with Crippen molar-refractivity contribution in [2.75, 3.05) is 26.7 Å². The molecule has 1 unspecified atom stereocenters. The van der Waals surface area contributed by atoms with Gasteiger partial charge in [0.25, 0.3) is 5.91 Å². The molecule has 0 bridgehead atoms. The SMILES string of the molecule is CNC(=O)C1CN(C(C)=O)CCN1C(=O)c1ccccc1. The summed E-state index contributed by atoms with van der Waals surface area (Å²) in [5, 5.41) is 2.56. The number of likely N-dealkylation sites (N-methyl/N-ethyl adjacent to an activating group) is 1. The Balaban J connectivity index is 2.22. The van der Waals surface area contributed by atoms with Crippen LogP contribution in [0.3, 0.4) is 0 Å². The number of carbonyl (C=O) groups is 3. The van der Waals surface area contributed by atoms with E-state index in [1.807, 2.05) is 6.07 Å². The molecule has 6 heteroatoms. The summed E-state index contributed by atoms with van der Waals surface area (Å²) in [5.41, 5.74) is 0.544. The van der Waals surface area contributed by atoms with E-state index in [9.17, 15) is 14.4 Å². The third kappa shape index (κ3) is 3.21. The summed E-state index contributed by atoms with van der Waals surface area (Å²) in [6.45, 7) is 2.50. The van der Waals surface area contributed by atoms with Crippen LogP contribution in [-0.4, -0.2) is 60.2 Å². The summed E-state index contributed by atoms with van der Waals surface area (Å²) in [4.78, 5) is 39.2. The first-order chi connectivity index (χ1) is 10.0. The normalized spacial score (nSPS) is 18.3. The van der Waals surface area contributed by atoms with Crippen molar-refractivity contribution in [3.8, 4) is 0 Å². The molecule has 0 saturated carbocycles. The molecule has 1 aliphatic heterocycles. The second-order valence-corrected chi connectivity index (χ2v) is 4.96. The van der Waals surface area contributed by atoms with Gasteiger partial charge in [-0.25, -0.2) is 0 Å². The number of rotatable bonds is 2. The lowest BCUT2D eigenvalue weighted by atomic mass is 10.1. The molecule has 0 aromatic heterocycles. The fraction of sp³-hybridized carbons (Fsp3) is 0.400. The number of amides is 3. The summed E-state index contributed by atoms with van der Waals surface area (Å²) in [6.07, 6.45) is 0. The van der Waals surface area contributed by atoms with Crippen LogP contribution in [0.4, 0.5) is 0 Å². The Morgan fingerprint density at radius 3 is 2.38 bits per heavy atom. The Morgan fingerprint density at radius 1 is 1.14 bits per heavy atom. The van der Waals surface area contributed by atoms with E-state index in [4.69, 9.17) is 0 Å². The lowest BCUT2D eigenvalue weighted by molar-refractivity contribution is -0.135. The number of carbonyl (C=O) groups excluding carboxylic acids is 3. The molecule has 1 fully saturated rings. The van der Waals surface area contributed by atoms with Gasteiger partial charge in [-0.2, -0.15) is 0 Å². The average Bonchev–Trinajstić information content (AvgIpc) is 2.53. The van der Waals surface area contributed by atoms with Crippen molar-refractivity contribution in [2.45, 2.75) is 13.0 Å². The topological polar surface area (TPSA) is 69.7 Å². The molecular weight excluding hydrogens is 270 g/mol. The number of hydrogen-bond acceptors (Lipinski definition) is 3. The minimum atomic E-state index is -0.652. The lowest BCUT2D eigenvalue weighted by Gasteiger charge is -2.40. The third-order valence-electron chi connectivity index (χ3n) is 3.66. The van der Waals surface area contributed by atoms with Gasteiger partial charge in [0.05, 0.1) is 6.54 Å². The average molecular weight is 289 g/mol. The van der Waals surface area contributed by atoms with Crippen LogP contribution in [-0.2, 0) is 9.59 Å². The molecule has 2 rings (SSSR count). The third-order valence-corrected chi connectivity index (χ3v) is 3.66. The quantitative estimate of drug-likeness (QED) is 0.840. The number of hydrogen-bond donors (Lipinski definition) is 1. The van der Waals surface area contributed by atoms with E-state index in [0.29, 0.717) is 18.7 Å². The van der Waals surface area contributed by atoms with Crippen LogP contribution >= 0.6 is 0 Å². The van der Waals surface area contributed by atoms with Crippen LogP contribution < -0.4 is 5.32 Å². The van der Waals surface area contributed by atoms with E-state index in [1.54, 1.807) is 29.2 Å². The second-order valence-electron chi connectivity index (χ2n) is 4.96. The Morgan fingerprint density at radius 2 is 1.81 bits per heavy atom. The summed E-state index contributed by atoms with van der Waals surface area (Å²) in [7, 11) is 1.53. The Labute approximate surface area is 123 Å². The molecule has 1 atom stereocenters. The van der Waals surface area contributed by atoms with Gasteiger partial charge in [-0.1, -0.05) is 18.2 Å². The smallest absolute Gasteiger partial charge is 0.254 e. The number of nitrogens with one attached hydrogen (secondary N) is 1. The van der Waals surface area contributed by atoms with Gasteiger partial charge >= 0.3 is 0 Å². The Hall–Kier alpha value is -2.37. The highest BCUT2D eigenvalue weighted by atomic mass is 16.2. The zero-order chi connectivity index (χ0) is 15.4. The van der Waals surface area contributed by atoms with Gasteiger partial charge in [0.1, 0.15) is 6.04 Å². The van der Waals surface area contributed by atoms with E-state index >= 15 is 0 Å². The van der Waals surface area contributed by atoms with E-state index in [0.717, 1.165) is 0 Å². The van der Waals surface area contributed by atoms with Gasteiger partial charge in [-0.15, -0.1) is 0 Å². The molecule has 1 heterocycles. The fourth-order valence-corrected chi connectivity index (χ4v) is 2.45. The molecule has 0 spiro atoms. The predicted molar refractivity (Wildman–Crippen MR) is 77.6 cm³/mol. The van der Waals surface area contributed by atoms with Gasteiger partial charge in [0.2, 0.25) is 11.8 Å². The van der Waals surface area contributed by atoms with Crippen LogP contribution in [0.2, 0.25) is 0 Å². The Kier molecular flexibility index (Phi) is 4.57. The van der Waals surface area contributed by atoms with Gasteiger partial charge in [0.15, 0.2) is 0 Å². The van der Waals surface area contributed by atoms with E-state index < -0.39 is 6.04 Å². The summed E-state index contributed by atoms with van der Waals surface area (Å²) in [6, 6.07) is 8.20. The van der Waals surface area contributed by atoms with Crippen molar-refractivity contribution in [1.29, 1.82) is 0 Å². The molecule has 1 aromatic carbocycles. The van der Waals surface area contributed by atoms with Gasteiger partial charge < -0.3 is 15.1 Å². The molecule has 1 N–H and O–H groups in total. The highest BCUT2D eigenvalue weighted by Crippen LogP contribution is 2.15. The largest absolute Gasteiger partial charge is 0.357 e. The minimum Gasteiger partial charge on any atom is -0.357 e. The van der Waals surface area contributed by atoms with Crippen molar-refractivity contribution < 1.29 is 14.4 Å². The molecule has 0 radical (unpaired) electrons. The molecule has 6 nitrogen and oxygen atoms in total. The second kappa shape index (κ2) is 6.39. The maximum Gasteiger partial charge on any atom is 0.254 e. The van der Waals surface area contributed by atoms with Crippen molar-refractivity contribution in [2.24, 2.45) is 0 Å². The summed E-state index contributed by atoms with van der Waals surface area (Å²) >= 11 is 0. The van der Waals surface area contributed by atoms with Crippen LogP contribution in [0, 0.1) is 0 Å². The molecule has 1 aromatic rings. The monoisotopic (exact) mass is 289 g/mol. The van der Waals surface area contributed by atoms with Gasteiger partial charge in [0, 0.05) is 32.6 Å². The maximum absolute atomic E-state index is 12.5.